The van der Waals surface area contributed by atoms with Crippen molar-refractivity contribution in [3.8, 4) is 11.3 Å². The number of hydrogen-bond donors (Lipinski definition) is 1. The zero-order chi connectivity index (χ0) is 12.7. The number of fused-ring (bicyclic) bond motifs is 3. The molecule has 0 radical (unpaired) electrons. The molecule has 0 atom stereocenters. The number of hydrogen-bond acceptors (Lipinski definition) is 3. The lowest BCUT2D eigenvalue weighted by Crippen LogP contribution is -2.07. The third-order valence-electron chi connectivity index (χ3n) is 3.03. The molecule has 0 bridgehead atoms. The van der Waals surface area contributed by atoms with Crippen LogP contribution in [0.3, 0.4) is 0 Å². The van der Waals surface area contributed by atoms with Gasteiger partial charge in [-0.1, -0.05) is 13.8 Å². The Morgan fingerprint density at radius 1 is 1.44 bits per heavy atom. The predicted octanol–water partition coefficient (Wildman–Crippen LogP) is 3.92. The first kappa shape index (κ1) is 11.7. The van der Waals surface area contributed by atoms with Gasteiger partial charge in [-0.2, -0.15) is 0 Å². The van der Waals surface area contributed by atoms with Crippen molar-refractivity contribution in [2.24, 2.45) is 5.92 Å². The average Bonchev–Trinajstić information content (AvgIpc) is 2.82. The van der Waals surface area contributed by atoms with Crippen molar-refractivity contribution in [2.45, 2.75) is 20.3 Å². The molecule has 0 saturated heterocycles. The van der Waals surface area contributed by atoms with E-state index in [-0.39, 0.29) is 5.82 Å². The fraction of sp³-hybridized carbons (Fsp3) is 0.357. The van der Waals surface area contributed by atoms with E-state index in [0.717, 1.165) is 34.9 Å². The van der Waals surface area contributed by atoms with Gasteiger partial charge in [0.2, 0.25) is 0 Å². The van der Waals surface area contributed by atoms with Crippen LogP contribution in [0.15, 0.2) is 18.2 Å². The molecule has 2 nitrogen and oxygen atoms in total. The van der Waals surface area contributed by atoms with Gasteiger partial charge in [-0.25, -0.2) is 9.37 Å². The van der Waals surface area contributed by atoms with Crippen LogP contribution in [0.2, 0.25) is 0 Å². The number of aromatic nitrogens is 1. The van der Waals surface area contributed by atoms with Gasteiger partial charge >= 0.3 is 0 Å². The minimum atomic E-state index is -0.165. The third-order valence-corrected chi connectivity index (χ3v) is 4.05. The highest BCUT2D eigenvalue weighted by Crippen LogP contribution is 2.41. The maximum absolute atomic E-state index is 13.2. The Morgan fingerprint density at radius 3 is 3.06 bits per heavy atom. The highest BCUT2D eigenvalue weighted by molar-refractivity contribution is 7.16. The molecule has 0 amide bonds. The molecule has 1 aromatic heterocycles. The van der Waals surface area contributed by atoms with Crippen molar-refractivity contribution < 1.29 is 4.39 Å². The van der Waals surface area contributed by atoms with Crippen molar-refractivity contribution in [1.82, 2.24) is 4.98 Å². The van der Waals surface area contributed by atoms with Crippen molar-refractivity contribution in [3.63, 3.8) is 0 Å². The molecular weight excluding hydrogens is 247 g/mol. The summed E-state index contributed by atoms with van der Waals surface area (Å²) in [7, 11) is 0. The molecule has 0 aliphatic heterocycles. The van der Waals surface area contributed by atoms with E-state index in [0.29, 0.717) is 5.92 Å². The van der Waals surface area contributed by atoms with E-state index in [1.165, 1.54) is 10.9 Å². The Bertz CT molecular complexity index is 589. The fourth-order valence-electron chi connectivity index (χ4n) is 2.16. The van der Waals surface area contributed by atoms with E-state index in [1.807, 2.05) is 6.07 Å². The molecule has 94 valence electrons. The van der Waals surface area contributed by atoms with Gasteiger partial charge in [0, 0.05) is 23.4 Å². The lowest BCUT2D eigenvalue weighted by molar-refractivity contribution is 0.626. The largest absolute Gasteiger partial charge is 0.361 e. The van der Waals surface area contributed by atoms with Gasteiger partial charge in [-0.15, -0.1) is 11.3 Å². The standard InChI is InChI=1S/C14H15FN2S/c1-8(2)7-16-14-17-13-11-4-3-10(15)5-9(11)6-12(13)18-14/h3-5,8H,6-7H2,1-2H3,(H,16,17). The average molecular weight is 262 g/mol. The second kappa shape index (κ2) is 4.35. The number of halogens is 1. The van der Waals surface area contributed by atoms with Gasteiger partial charge in [0.25, 0.3) is 0 Å². The van der Waals surface area contributed by atoms with Crippen molar-refractivity contribution in [2.75, 3.05) is 11.9 Å². The number of thiazole rings is 1. The zero-order valence-electron chi connectivity index (χ0n) is 10.5. The van der Waals surface area contributed by atoms with Crippen LogP contribution in [0, 0.1) is 11.7 Å². The van der Waals surface area contributed by atoms with Crippen LogP contribution >= 0.6 is 11.3 Å². The summed E-state index contributed by atoms with van der Waals surface area (Å²) in [6.45, 7) is 5.28. The van der Waals surface area contributed by atoms with Crippen LogP contribution in [0.25, 0.3) is 11.3 Å². The fourth-order valence-corrected chi connectivity index (χ4v) is 3.17. The molecule has 1 aliphatic carbocycles. The topological polar surface area (TPSA) is 24.9 Å². The zero-order valence-corrected chi connectivity index (χ0v) is 11.3. The summed E-state index contributed by atoms with van der Waals surface area (Å²) < 4.78 is 13.2. The van der Waals surface area contributed by atoms with Gasteiger partial charge < -0.3 is 5.32 Å². The molecule has 0 fully saturated rings. The van der Waals surface area contributed by atoms with Crippen LogP contribution in [0.4, 0.5) is 9.52 Å². The van der Waals surface area contributed by atoms with Crippen molar-refractivity contribution in [1.29, 1.82) is 0 Å². The Morgan fingerprint density at radius 2 is 2.28 bits per heavy atom. The smallest absolute Gasteiger partial charge is 0.183 e. The van der Waals surface area contributed by atoms with Gasteiger partial charge in [-0.05, 0) is 29.7 Å². The summed E-state index contributed by atoms with van der Waals surface area (Å²) in [4.78, 5) is 5.86. The van der Waals surface area contributed by atoms with Crippen molar-refractivity contribution in [3.05, 3.63) is 34.5 Å². The van der Waals surface area contributed by atoms with Crippen LogP contribution in [0.1, 0.15) is 24.3 Å². The van der Waals surface area contributed by atoms with Gasteiger partial charge in [0.15, 0.2) is 5.13 Å². The first-order valence-electron chi connectivity index (χ1n) is 6.16. The number of anilines is 1. The Balaban J connectivity index is 1.88. The molecule has 0 unspecified atom stereocenters. The summed E-state index contributed by atoms with van der Waals surface area (Å²) in [6.07, 6.45) is 0.809. The maximum Gasteiger partial charge on any atom is 0.183 e. The van der Waals surface area contributed by atoms with E-state index < -0.39 is 0 Å². The molecule has 18 heavy (non-hydrogen) atoms. The molecule has 1 aromatic carbocycles. The van der Waals surface area contributed by atoms with Crippen LogP contribution < -0.4 is 5.32 Å². The molecule has 1 heterocycles. The molecule has 4 heteroatoms. The Hall–Kier alpha value is -1.42. The van der Waals surface area contributed by atoms with E-state index in [1.54, 1.807) is 17.4 Å². The van der Waals surface area contributed by atoms with Gasteiger partial charge in [0.1, 0.15) is 5.82 Å². The number of nitrogens with one attached hydrogen (secondary N) is 1. The summed E-state index contributed by atoms with van der Waals surface area (Å²) in [6, 6.07) is 4.96. The maximum atomic E-state index is 13.2. The van der Waals surface area contributed by atoms with E-state index in [2.05, 4.69) is 24.1 Å². The number of nitrogens with zero attached hydrogens (tertiary/aromatic N) is 1. The second-order valence-corrected chi connectivity index (χ2v) is 6.13. The monoisotopic (exact) mass is 262 g/mol. The summed E-state index contributed by atoms with van der Waals surface area (Å²) in [5, 5.41) is 4.32. The first-order valence-corrected chi connectivity index (χ1v) is 6.97. The lowest BCUT2D eigenvalue weighted by Gasteiger charge is -2.05. The summed E-state index contributed by atoms with van der Waals surface area (Å²) in [5.41, 5.74) is 3.17. The molecule has 3 rings (SSSR count). The van der Waals surface area contributed by atoms with Crippen LogP contribution in [-0.4, -0.2) is 11.5 Å². The quantitative estimate of drug-likeness (QED) is 0.773. The number of rotatable bonds is 3. The first-order chi connectivity index (χ1) is 8.63. The Kier molecular flexibility index (Phi) is 2.82. The molecule has 2 aromatic rings. The van der Waals surface area contributed by atoms with Crippen LogP contribution in [-0.2, 0) is 6.42 Å². The molecule has 0 spiro atoms. The minimum Gasteiger partial charge on any atom is -0.361 e. The molecule has 0 saturated carbocycles. The normalized spacial score (nSPS) is 12.7. The van der Waals surface area contributed by atoms with E-state index in [4.69, 9.17) is 0 Å². The summed E-state index contributed by atoms with van der Waals surface area (Å²) >= 11 is 1.68. The lowest BCUT2D eigenvalue weighted by atomic mass is 10.1. The van der Waals surface area contributed by atoms with Crippen molar-refractivity contribution >= 4 is 16.5 Å². The van der Waals surface area contributed by atoms with E-state index in [9.17, 15) is 4.39 Å². The Labute approximate surface area is 110 Å². The minimum absolute atomic E-state index is 0.165. The SMILES string of the molecule is CC(C)CNc1nc2c(s1)Cc1cc(F)ccc1-2. The van der Waals surface area contributed by atoms with Gasteiger partial charge in [-0.3, -0.25) is 0 Å². The van der Waals surface area contributed by atoms with Gasteiger partial charge in [0.05, 0.1) is 5.69 Å². The molecular formula is C14H15FN2S. The summed E-state index contributed by atoms with van der Waals surface area (Å²) in [5.74, 6) is 0.437. The molecule has 1 N–H and O–H groups in total. The highest BCUT2D eigenvalue weighted by Gasteiger charge is 2.23. The highest BCUT2D eigenvalue weighted by atomic mass is 32.1. The van der Waals surface area contributed by atoms with Crippen LogP contribution in [0.5, 0.6) is 0 Å². The third kappa shape index (κ3) is 2.01. The second-order valence-electron chi connectivity index (χ2n) is 5.04. The van der Waals surface area contributed by atoms with E-state index >= 15 is 0 Å². The predicted molar refractivity (Wildman–Crippen MR) is 73.6 cm³/mol. The molecule has 1 aliphatic rings. The number of benzene rings is 1.